The summed E-state index contributed by atoms with van der Waals surface area (Å²) in [6.45, 7) is 3.88. The molecule has 0 bridgehead atoms. The van der Waals surface area contributed by atoms with Gasteiger partial charge in [-0.05, 0) is 13.5 Å². The number of fused-ring (bicyclic) bond motifs is 1. The second-order valence-corrected chi connectivity index (χ2v) is 3.87. The molecule has 0 aromatic rings. The van der Waals surface area contributed by atoms with Gasteiger partial charge in [0.2, 0.25) is 0 Å². The summed E-state index contributed by atoms with van der Waals surface area (Å²) in [6, 6.07) is 0. The van der Waals surface area contributed by atoms with Crippen LogP contribution in [-0.2, 0) is 4.74 Å². The van der Waals surface area contributed by atoms with Crippen molar-refractivity contribution in [3.05, 3.63) is 0 Å². The summed E-state index contributed by atoms with van der Waals surface area (Å²) in [7, 11) is 2.14. The Hall–Kier alpha value is -0.120. The summed E-state index contributed by atoms with van der Waals surface area (Å²) in [5.74, 6) is 0. The molecule has 2 N–H and O–H groups in total. The summed E-state index contributed by atoms with van der Waals surface area (Å²) >= 11 is 0. The Morgan fingerprint density at radius 3 is 3.18 bits per heavy atom. The number of likely N-dealkylation sites (N-methyl/N-ethyl adjacent to an activating group) is 1. The molecule has 0 aromatic heterocycles. The first kappa shape index (κ1) is 7.53. The first-order valence-corrected chi connectivity index (χ1v) is 4.27. The highest BCUT2D eigenvalue weighted by Crippen LogP contribution is 2.39. The van der Waals surface area contributed by atoms with Gasteiger partial charge in [0.15, 0.2) is 0 Å². The number of nitrogens with zero attached hydrogens (tertiary/aromatic N) is 1. The number of ether oxygens (including phenoxy) is 1. The van der Waals surface area contributed by atoms with Crippen LogP contribution < -0.4 is 5.73 Å². The Kier molecular flexibility index (Phi) is 1.67. The van der Waals surface area contributed by atoms with Crippen LogP contribution in [0.2, 0.25) is 0 Å². The summed E-state index contributed by atoms with van der Waals surface area (Å²) in [4.78, 5) is 2.32. The van der Waals surface area contributed by atoms with E-state index in [0.29, 0.717) is 11.5 Å². The summed E-state index contributed by atoms with van der Waals surface area (Å²) < 4.78 is 5.62. The second-order valence-electron chi connectivity index (χ2n) is 3.87. The molecule has 2 heterocycles. The Bertz CT molecular complexity index is 162. The lowest BCUT2D eigenvalue weighted by atomic mass is 9.84. The lowest BCUT2D eigenvalue weighted by Gasteiger charge is -2.24. The van der Waals surface area contributed by atoms with Gasteiger partial charge in [-0.15, -0.1) is 0 Å². The van der Waals surface area contributed by atoms with E-state index < -0.39 is 0 Å². The molecule has 64 valence electrons. The molecular formula is C8H16N2O. The van der Waals surface area contributed by atoms with E-state index in [2.05, 4.69) is 11.9 Å². The van der Waals surface area contributed by atoms with Crippen molar-refractivity contribution in [2.24, 2.45) is 11.1 Å². The van der Waals surface area contributed by atoms with E-state index in [1.54, 1.807) is 0 Å². The van der Waals surface area contributed by atoms with E-state index in [-0.39, 0.29) is 0 Å². The molecular weight excluding hydrogens is 140 g/mol. The summed E-state index contributed by atoms with van der Waals surface area (Å²) in [5, 5.41) is 0. The van der Waals surface area contributed by atoms with Gasteiger partial charge < -0.3 is 15.4 Å². The van der Waals surface area contributed by atoms with E-state index in [1.165, 1.54) is 0 Å². The SMILES string of the molecule is CN1CC2OCCC2(CN)C1. The highest BCUT2D eigenvalue weighted by atomic mass is 16.5. The van der Waals surface area contributed by atoms with Gasteiger partial charge in [-0.2, -0.15) is 0 Å². The molecule has 2 rings (SSSR count). The zero-order chi connectivity index (χ0) is 7.90. The van der Waals surface area contributed by atoms with Crippen LogP contribution in [0.3, 0.4) is 0 Å². The number of nitrogens with two attached hydrogens (primary N) is 1. The minimum absolute atomic E-state index is 0.300. The second kappa shape index (κ2) is 2.44. The minimum Gasteiger partial charge on any atom is -0.376 e. The van der Waals surface area contributed by atoms with E-state index in [4.69, 9.17) is 10.5 Å². The summed E-state index contributed by atoms with van der Waals surface area (Å²) in [6.07, 6.45) is 1.57. The van der Waals surface area contributed by atoms with Crippen LogP contribution in [-0.4, -0.2) is 44.3 Å². The van der Waals surface area contributed by atoms with Crippen molar-refractivity contribution in [2.75, 3.05) is 33.3 Å². The quantitative estimate of drug-likeness (QED) is 0.565. The predicted octanol–water partition coefficient (Wildman–Crippen LogP) is -0.334. The molecule has 2 fully saturated rings. The zero-order valence-corrected chi connectivity index (χ0v) is 7.05. The number of rotatable bonds is 1. The molecule has 11 heavy (non-hydrogen) atoms. The molecule has 3 heteroatoms. The van der Waals surface area contributed by atoms with Gasteiger partial charge in [-0.3, -0.25) is 0 Å². The molecule has 2 saturated heterocycles. The van der Waals surface area contributed by atoms with Gasteiger partial charge in [0, 0.05) is 31.7 Å². The largest absolute Gasteiger partial charge is 0.376 e. The fourth-order valence-corrected chi connectivity index (χ4v) is 2.35. The van der Waals surface area contributed by atoms with Crippen LogP contribution in [0.4, 0.5) is 0 Å². The van der Waals surface area contributed by atoms with Crippen LogP contribution >= 0.6 is 0 Å². The molecule has 0 spiro atoms. The molecule has 0 radical (unpaired) electrons. The number of hydrogen-bond acceptors (Lipinski definition) is 3. The molecule has 0 aliphatic carbocycles. The van der Waals surface area contributed by atoms with Crippen LogP contribution in [0, 0.1) is 5.41 Å². The normalized spacial score (nSPS) is 44.7. The van der Waals surface area contributed by atoms with Crippen LogP contribution in [0.1, 0.15) is 6.42 Å². The highest BCUT2D eigenvalue weighted by Gasteiger charge is 2.48. The lowest BCUT2D eigenvalue weighted by molar-refractivity contribution is 0.0822. The maximum Gasteiger partial charge on any atom is 0.0783 e. The third kappa shape index (κ3) is 0.991. The van der Waals surface area contributed by atoms with E-state index in [0.717, 1.165) is 32.7 Å². The van der Waals surface area contributed by atoms with Gasteiger partial charge in [0.05, 0.1) is 6.10 Å². The van der Waals surface area contributed by atoms with E-state index in [9.17, 15) is 0 Å². The van der Waals surface area contributed by atoms with E-state index in [1.807, 2.05) is 0 Å². The van der Waals surface area contributed by atoms with Crippen molar-refractivity contribution in [2.45, 2.75) is 12.5 Å². The smallest absolute Gasteiger partial charge is 0.0783 e. The average molecular weight is 156 g/mol. The monoisotopic (exact) mass is 156 g/mol. The van der Waals surface area contributed by atoms with Gasteiger partial charge >= 0.3 is 0 Å². The molecule has 3 nitrogen and oxygen atoms in total. The van der Waals surface area contributed by atoms with Crippen molar-refractivity contribution < 1.29 is 4.74 Å². The molecule has 0 amide bonds. The maximum atomic E-state index is 5.77. The van der Waals surface area contributed by atoms with Crippen molar-refractivity contribution >= 4 is 0 Å². The molecule has 0 saturated carbocycles. The zero-order valence-electron chi connectivity index (χ0n) is 7.05. The maximum absolute atomic E-state index is 5.77. The van der Waals surface area contributed by atoms with Crippen molar-refractivity contribution in [1.29, 1.82) is 0 Å². The average Bonchev–Trinajstić information content (AvgIpc) is 2.43. The molecule has 2 atom stereocenters. The van der Waals surface area contributed by atoms with Gasteiger partial charge in [0.25, 0.3) is 0 Å². The van der Waals surface area contributed by atoms with Crippen molar-refractivity contribution in [1.82, 2.24) is 4.90 Å². The Morgan fingerprint density at radius 2 is 2.55 bits per heavy atom. The fourth-order valence-electron chi connectivity index (χ4n) is 2.35. The van der Waals surface area contributed by atoms with Crippen LogP contribution in [0.25, 0.3) is 0 Å². The fraction of sp³-hybridized carbons (Fsp3) is 1.00. The number of likely N-dealkylation sites (tertiary alicyclic amines) is 1. The van der Waals surface area contributed by atoms with Gasteiger partial charge in [-0.25, -0.2) is 0 Å². The third-order valence-electron chi connectivity index (χ3n) is 3.07. The molecule has 0 aromatic carbocycles. The Morgan fingerprint density at radius 1 is 1.73 bits per heavy atom. The van der Waals surface area contributed by atoms with Gasteiger partial charge in [0.1, 0.15) is 0 Å². The van der Waals surface area contributed by atoms with Crippen LogP contribution in [0.5, 0.6) is 0 Å². The van der Waals surface area contributed by atoms with Crippen LogP contribution in [0.15, 0.2) is 0 Å². The molecule has 2 aliphatic heterocycles. The van der Waals surface area contributed by atoms with Gasteiger partial charge in [-0.1, -0.05) is 0 Å². The summed E-state index contributed by atoms with van der Waals surface area (Å²) in [5.41, 5.74) is 6.07. The topological polar surface area (TPSA) is 38.5 Å². The van der Waals surface area contributed by atoms with E-state index >= 15 is 0 Å². The number of hydrogen-bond donors (Lipinski definition) is 1. The van der Waals surface area contributed by atoms with Crippen molar-refractivity contribution in [3.63, 3.8) is 0 Å². The highest BCUT2D eigenvalue weighted by molar-refractivity contribution is 5.00. The lowest BCUT2D eigenvalue weighted by Crippen LogP contribution is -2.37. The predicted molar refractivity (Wildman–Crippen MR) is 43.3 cm³/mol. The Labute approximate surface area is 67.5 Å². The first-order chi connectivity index (χ1) is 5.27. The minimum atomic E-state index is 0.300. The standard InChI is InChI=1S/C8H16N2O/c1-10-4-7-8(5-9,6-10)2-3-11-7/h7H,2-6,9H2,1H3. The third-order valence-corrected chi connectivity index (χ3v) is 3.07. The van der Waals surface area contributed by atoms with Crippen molar-refractivity contribution in [3.8, 4) is 0 Å². The Balaban J connectivity index is 2.15. The molecule has 2 unspecified atom stereocenters. The first-order valence-electron chi connectivity index (χ1n) is 4.27. The molecule has 2 aliphatic rings.